The fourth-order valence-corrected chi connectivity index (χ4v) is 2.80. The molecule has 0 spiro atoms. The van der Waals surface area contributed by atoms with E-state index in [9.17, 15) is 0 Å². The number of hydrogen-bond donors (Lipinski definition) is 1. The molecule has 1 aliphatic carbocycles. The van der Waals surface area contributed by atoms with Crippen LogP contribution in [0.15, 0.2) is 0 Å². The summed E-state index contributed by atoms with van der Waals surface area (Å²) in [4.78, 5) is 2.51. The van der Waals surface area contributed by atoms with Crippen LogP contribution in [0.25, 0.3) is 0 Å². The van der Waals surface area contributed by atoms with Gasteiger partial charge in [0.2, 0.25) is 0 Å². The summed E-state index contributed by atoms with van der Waals surface area (Å²) in [5.41, 5.74) is 0. The molecule has 0 bridgehead atoms. The lowest BCUT2D eigenvalue weighted by molar-refractivity contribution is 0.113. The molecule has 0 aromatic heterocycles. The quantitative estimate of drug-likeness (QED) is 0.701. The Morgan fingerprint density at radius 2 is 2.12 bits per heavy atom. The van der Waals surface area contributed by atoms with Crippen molar-refractivity contribution in [1.82, 2.24) is 10.2 Å². The van der Waals surface area contributed by atoms with Crippen molar-refractivity contribution in [3.63, 3.8) is 0 Å². The summed E-state index contributed by atoms with van der Waals surface area (Å²) in [6, 6.07) is 1.37. The van der Waals surface area contributed by atoms with E-state index in [1.54, 1.807) is 7.11 Å². The molecule has 3 atom stereocenters. The molecule has 1 N–H and O–H groups in total. The Morgan fingerprint density at radius 3 is 2.75 bits per heavy atom. The second-order valence-corrected chi connectivity index (χ2v) is 5.21. The van der Waals surface area contributed by atoms with Crippen molar-refractivity contribution in [1.29, 1.82) is 0 Å². The number of ether oxygens (including phenoxy) is 1. The molecule has 96 valence electrons. The average molecular weight is 228 g/mol. The predicted molar refractivity (Wildman–Crippen MR) is 68.8 cm³/mol. The van der Waals surface area contributed by atoms with E-state index >= 15 is 0 Å². The van der Waals surface area contributed by atoms with E-state index in [0.717, 1.165) is 25.5 Å². The lowest BCUT2D eigenvalue weighted by Gasteiger charge is -2.40. The molecule has 3 nitrogen and oxygen atoms in total. The highest BCUT2D eigenvalue weighted by Gasteiger charge is 2.29. The molecule has 0 saturated heterocycles. The zero-order valence-electron chi connectivity index (χ0n) is 11.3. The largest absolute Gasteiger partial charge is 0.385 e. The van der Waals surface area contributed by atoms with Crippen LogP contribution in [0.2, 0.25) is 0 Å². The number of likely N-dealkylation sites (N-methyl/N-ethyl adjacent to an activating group) is 2. The first-order chi connectivity index (χ1) is 7.69. The van der Waals surface area contributed by atoms with Gasteiger partial charge in [-0.3, -0.25) is 0 Å². The molecule has 1 rings (SSSR count). The third kappa shape index (κ3) is 4.04. The highest BCUT2D eigenvalue weighted by Crippen LogP contribution is 2.27. The zero-order valence-corrected chi connectivity index (χ0v) is 11.3. The minimum absolute atomic E-state index is 0.670. The summed E-state index contributed by atoms with van der Waals surface area (Å²) in [5, 5.41) is 3.47. The topological polar surface area (TPSA) is 24.5 Å². The molecule has 0 aromatic carbocycles. The van der Waals surface area contributed by atoms with Crippen molar-refractivity contribution < 1.29 is 4.74 Å². The third-order valence-electron chi connectivity index (χ3n) is 3.88. The Hall–Kier alpha value is -0.120. The normalized spacial score (nSPS) is 30.9. The fraction of sp³-hybridized carbons (Fsp3) is 1.00. The monoisotopic (exact) mass is 228 g/mol. The number of hydrogen-bond acceptors (Lipinski definition) is 3. The summed E-state index contributed by atoms with van der Waals surface area (Å²) in [5.74, 6) is 0.875. The molecule has 1 saturated carbocycles. The van der Waals surface area contributed by atoms with Gasteiger partial charge in [-0.2, -0.15) is 0 Å². The van der Waals surface area contributed by atoms with Crippen LogP contribution >= 0.6 is 0 Å². The Bertz CT molecular complexity index is 187. The zero-order chi connectivity index (χ0) is 12.0. The van der Waals surface area contributed by atoms with Crippen LogP contribution in [0.1, 0.15) is 32.6 Å². The second-order valence-electron chi connectivity index (χ2n) is 5.21. The van der Waals surface area contributed by atoms with E-state index < -0.39 is 0 Å². The Morgan fingerprint density at radius 1 is 1.38 bits per heavy atom. The molecular formula is C13H28N2O. The minimum Gasteiger partial charge on any atom is -0.385 e. The maximum absolute atomic E-state index is 5.11. The van der Waals surface area contributed by atoms with E-state index in [2.05, 4.69) is 31.2 Å². The van der Waals surface area contributed by atoms with Crippen LogP contribution in [0.3, 0.4) is 0 Å². The third-order valence-corrected chi connectivity index (χ3v) is 3.88. The van der Waals surface area contributed by atoms with Gasteiger partial charge in [0, 0.05) is 32.3 Å². The lowest BCUT2D eigenvalue weighted by atomic mass is 9.82. The van der Waals surface area contributed by atoms with Gasteiger partial charge in [-0.25, -0.2) is 0 Å². The first kappa shape index (κ1) is 13.9. The molecule has 3 heteroatoms. The van der Waals surface area contributed by atoms with Crippen molar-refractivity contribution in [3.05, 3.63) is 0 Å². The maximum atomic E-state index is 5.11. The van der Waals surface area contributed by atoms with Gasteiger partial charge in [0.15, 0.2) is 0 Å². The molecule has 0 radical (unpaired) electrons. The molecule has 16 heavy (non-hydrogen) atoms. The van der Waals surface area contributed by atoms with Crippen molar-refractivity contribution in [3.8, 4) is 0 Å². The molecule has 0 aromatic rings. The van der Waals surface area contributed by atoms with E-state index in [1.807, 2.05) is 0 Å². The van der Waals surface area contributed by atoms with E-state index in [4.69, 9.17) is 4.74 Å². The van der Waals surface area contributed by atoms with Gasteiger partial charge in [0.05, 0.1) is 0 Å². The molecule has 1 aliphatic rings. The van der Waals surface area contributed by atoms with Gasteiger partial charge in [0.25, 0.3) is 0 Å². The van der Waals surface area contributed by atoms with E-state index in [-0.39, 0.29) is 0 Å². The minimum atomic E-state index is 0.670. The fourth-order valence-electron chi connectivity index (χ4n) is 2.80. The Balaban J connectivity index is 2.39. The molecule has 0 heterocycles. The van der Waals surface area contributed by atoms with E-state index in [1.165, 1.54) is 19.3 Å². The smallest absolute Gasteiger partial charge is 0.0474 e. The average Bonchev–Trinajstić information content (AvgIpc) is 2.29. The van der Waals surface area contributed by atoms with Gasteiger partial charge in [-0.05, 0) is 45.7 Å². The number of rotatable bonds is 6. The van der Waals surface area contributed by atoms with Gasteiger partial charge in [-0.1, -0.05) is 6.92 Å². The maximum Gasteiger partial charge on any atom is 0.0474 e. The lowest BCUT2D eigenvalue weighted by Crippen LogP contribution is -2.51. The predicted octanol–water partition coefficient (Wildman–Crippen LogP) is 1.73. The first-order valence-electron chi connectivity index (χ1n) is 6.55. The van der Waals surface area contributed by atoms with Crippen LogP contribution in [-0.4, -0.2) is 51.3 Å². The summed E-state index contributed by atoms with van der Waals surface area (Å²) < 4.78 is 5.11. The van der Waals surface area contributed by atoms with Crippen LogP contribution in [0.4, 0.5) is 0 Å². The molecular weight excluding hydrogens is 200 g/mol. The molecule has 0 aliphatic heterocycles. The summed E-state index contributed by atoms with van der Waals surface area (Å²) >= 11 is 0. The summed E-state index contributed by atoms with van der Waals surface area (Å²) in [6.45, 7) is 4.39. The second kappa shape index (κ2) is 7.25. The molecule has 3 unspecified atom stereocenters. The van der Waals surface area contributed by atoms with Crippen LogP contribution < -0.4 is 5.32 Å². The summed E-state index contributed by atoms with van der Waals surface area (Å²) in [7, 11) is 6.12. The highest BCUT2D eigenvalue weighted by atomic mass is 16.5. The van der Waals surface area contributed by atoms with Gasteiger partial charge >= 0.3 is 0 Å². The van der Waals surface area contributed by atoms with Crippen molar-refractivity contribution in [2.75, 3.05) is 34.4 Å². The molecule has 1 fully saturated rings. The number of methoxy groups -OCH3 is 1. The Labute approximate surface area is 101 Å². The van der Waals surface area contributed by atoms with Gasteiger partial charge in [-0.15, -0.1) is 0 Å². The van der Waals surface area contributed by atoms with Crippen molar-refractivity contribution >= 4 is 0 Å². The van der Waals surface area contributed by atoms with Gasteiger partial charge < -0.3 is 15.0 Å². The van der Waals surface area contributed by atoms with Crippen LogP contribution in [0, 0.1) is 5.92 Å². The van der Waals surface area contributed by atoms with Crippen LogP contribution in [0.5, 0.6) is 0 Å². The van der Waals surface area contributed by atoms with Crippen molar-refractivity contribution in [2.24, 2.45) is 5.92 Å². The highest BCUT2D eigenvalue weighted by molar-refractivity contribution is 4.88. The van der Waals surface area contributed by atoms with Gasteiger partial charge in [0.1, 0.15) is 0 Å². The summed E-state index contributed by atoms with van der Waals surface area (Å²) in [6.07, 6.45) is 5.15. The van der Waals surface area contributed by atoms with E-state index in [0.29, 0.717) is 12.1 Å². The Kier molecular flexibility index (Phi) is 6.32. The standard InChI is InChI=1S/C13H28N2O/c1-11-6-7-12(14-2)13(10-11)15(3)8-5-9-16-4/h11-14H,5-10H2,1-4H3. The SMILES string of the molecule is CNC1CCC(C)CC1N(C)CCCOC. The first-order valence-corrected chi connectivity index (χ1v) is 6.55. The number of nitrogens with zero attached hydrogens (tertiary/aromatic N) is 1. The van der Waals surface area contributed by atoms with Crippen LogP contribution in [-0.2, 0) is 4.74 Å². The van der Waals surface area contributed by atoms with Crippen molar-refractivity contribution in [2.45, 2.75) is 44.7 Å². The number of nitrogens with one attached hydrogen (secondary N) is 1. The molecule has 0 amide bonds.